The highest BCUT2D eigenvalue weighted by Gasteiger charge is 2.26. The molecule has 2 aliphatic rings. The highest BCUT2D eigenvalue weighted by molar-refractivity contribution is 6.01. The van der Waals surface area contributed by atoms with Crippen molar-refractivity contribution in [2.75, 3.05) is 18.4 Å². The third-order valence-corrected chi connectivity index (χ3v) is 4.46. The van der Waals surface area contributed by atoms with Gasteiger partial charge in [-0.05, 0) is 31.4 Å². The first-order valence-electron chi connectivity index (χ1n) is 7.91. The summed E-state index contributed by atoms with van der Waals surface area (Å²) in [5, 5.41) is 5.44. The molecule has 1 atom stereocenters. The van der Waals surface area contributed by atoms with Crippen LogP contribution in [0.25, 0.3) is 0 Å². The summed E-state index contributed by atoms with van der Waals surface area (Å²) in [6.07, 6.45) is 5.32. The van der Waals surface area contributed by atoms with Crippen LogP contribution in [0.1, 0.15) is 37.3 Å². The van der Waals surface area contributed by atoms with E-state index in [1.165, 1.54) is 0 Å². The van der Waals surface area contributed by atoms with E-state index in [0.717, 1.165) is 43.7 Å². The second-order valence-corrected chi connectivity index (χ2v) is 6.04. The van der Waals surface area contributed by atoms with Crippen molar-refractivity contribution in [3.63, 3.8) is 0 Å². The Balaban J connectivity index is 1.58. The van der Waals surface area contributed by atoms with Crippen molar-refractivity contribution in [1.29, 1.82) is 0 Å². The lowest BCUT2D eigenvalue weighted by atomic mass is 9.93. The molecule has 23 heavy (non-hydrogen) atoms. The number of likely N-dealkylation sites (tertiary alicyclic amines) is 1. The molecule has 7 heteroatoms. The molecule has 1 aromatic rings. The van der Waals surface area contributed by atoms with E-state index < -0.39 is 6.04 Å². The number of amides is 3. The second-order valence-electron chi connectivity index (χ2n) is 6.04. The number of piperidine rings is 2. The van der Waals surface area contributed by atoms with Crippen molar-refractivity contribution in [2.24, 2.45) is 0 Å². The maximum absolute atomic E-state index is 11.7. The van der Waals surface area contributed by atoms with E-state index >= 15 is 0 Å². The van der Waals surface area contributed by atoms with E-state index in [9.17, 15) is 14.4 Å². The van der Waals surface area contributed by atoms with Gasteiger partial charge in [-0.15, -0.1) is 0 Å². The molecule has 2 N–H and O–H groups in total. The third-order valence-electron chi connectivity index (χ3n) is 4.46. The molecule has 0 radical (unpaired) electrons. The average Bonchev–Trinajstić information content (AvgIpc) is 2.58. The number of rotatable bonds is 4. The molecule has 2 fully saturated rings. The van der Waals surface area contributed by atoms with Crippen molar-refractivity contribution in [2.45, 2.75) is 37.6 Å². The van der Waals surface area contributed by atoms with Crippen LogP contribution in [0.15, 0.2) is 18.3 Å². The first-order valence-corrected chi connectivity index (χ1v) is 7.91. The molecule has 1 unspecified atom stereocenters. The Morgan fingerprint density at radius 1 is 1.22 bits per heavy atom. The van der Waals surface area contributed by atoms with Crippen molar-refractivity contribution in [1.82, 2.24) is 15.2 Å². The van der Waals surface area contributed by atoms with Crippen LogP contribution in [0.5, 0.6) is 0 Å². The summed E-state index contributed by atoms with van der Waals surface area (Å²) >= 11 is 0. The maximum atomic E-state index is 11.7. The van der Waals surface area contributed by atoms with Crippen LogP contribution >= 0.6 is 0 Å². The summed E-state index contributed by atoms with van der Waals surface area (Å²) in [5.41, 5.74) is 1.79. The van der Waals surface area contributed by atoms with Gasteiger partial charge in [-0.2, -0.15) is 0 Å². The molecule has 3 rings (SSSR count). The first-order chi connectivity index (χ1) is 11.2. The van der Waals surface area contributed by atoms with Gasteiger partial charge in [0.1, 0.15) is 6.04 Å². The second kappa shape index (κ2) is 6.76. The van der Waals surface area contributed by atoms with Crippen LogP contribution in [0, 0.1) is 0 Å². The zero-order valence-corrected chi connectivity index (χ0v) is 12.8. The Hall–Kier alpha value is -2.44. The molecule has 3 heterocycles. The topological polar surface area (TPSA) is 91.4 Å². The summed E-state index contributed by atoms with van der Waals surface area (Å²) < 4.78 is 0. The van der Waals surface area contributed by atoms with E-state index in [0.29, 0.717) is 18.8 Å². The van der Waals surface area contributed by atoms with Crippen molar-refractivity contribution >= 4 is 23.9 Å². The van der Waals surface area contributed by atoms with E-state index in [-0.39, 0.29) is 11.8 Å². The average molecular weight is 316 g/mol. The molecule has 0 aliphatic carbocycles. The Bertz CT molecular complexity index is 594. The van der Waals surface area contributed by atoms with Gasteiger partial charge < -0.3 is 10.2 Å². The molecule has 0 spiro atoms. The first kappa shape index (κ1) is 15.5. The largest absolute Gasteiger partial charge is 0.372 e. The molecule has 2 aliphatic heterocycles. The summed E-state index contributed by atoms with van der Waals surface area (Å²) in [6, 6.07) is 3.49. The van der Waals surface area contributed by atoms with Gasteiger partial charge in [0.2, 0.25) is 18.2 Å². The van der Waals surface area contributed by atoms with Crippen LogP contribution in [-0.4, -0.2) is 47.2 Å². The highest BCUT2D eigenvalue weighted by Crippen LogP contribution is 2.26. The lowest BCUT2D eigenvalue weighted by Crippen LogP contribution is -2.47. The monoisotopic (exact) mass is 316 g/mol. The number of carbonyl (C=O) groups excluding carboxylic acids is 3. The van der Waals surface area contributed by atoms with Gasteiger partial charge in [0.15, 0.2) is 0 Å². The van der Waals surface area contributed by atoms with Crippen LogP contribution < -0.4 is 10.6 Å². The third kappa shape index (κ3) is 3.67. The van der Waals surface area contributed by atoms with Crippen LogP contribution in [-0.2, 0) is 14.4 Å². The number of pyridine rings is 1. The minimum atomic E-state index is -0.392. The zero-order valence-electron chi connectivity index (χ0n) is 12.8. The number of nitrogens with one attached hydrogen (secondary N) is 2. The summed E-state index contributed by atoms with van der Waals surface area (Å²) in [6.45, 7) is 1.54. The van der Waals surface area contributed by atoms with E-state index in [4.69, 9.17) is 0 Å². The molecule has 0 aromatic carbocycles. The van der Waals surface area contributed by atoms with Crippen molar-refractivity contribution in [3.8, 4) is 0 Å². The number of anilines is 1. The fourth-order valence-corrected chi connectivity index (χ4v) is 3.07. The Morgan fingerprint density at radius 2 is 2.00 bits per heavy atom. The molecule has 0 saturated carbocycles. The van der Waals surface area contributed by atoms with Gasteiger partial charge in [-0.25, -0.2) is 0 Å². The fourth-order valence-electron chi connectivity index (χ4n) is 3.07. The van der Waals surface area contributed by atoms with Gasteiger partial charge >= 0.3 is 0 Å². The number of hydrogen-bond donors (Lipinski definition) is 2. The normalized spacial score (nSPS) is 22.6. The van der Waals surface area contributed by atoms with Crippen LogP contribution in [0.4, 0.5) is 5.69 Å². The molecule has 2 saturated heterocycles. The van der Waals surface area contributed by atoms with Gasteiger partial charge in [0.25, 0.3) is 0 Å². The van der Waals surface area contributed by atoms with Crippen molar-refractivity contribution < 1.29 is 14.4 Å². The summed E-state index contributed by atoms with van der Waals surface area (Å²) in [5.74, 6) is -0.134. The SMILES string of the molecule is O=CN1CCC(c2ccc(NC3CCC(=O)NC3=O)cn2)CC1. The Labute approximate surface area is 134 Å². The van der Waals surface area contributed by atoms with Gasteiger partial charge in [-0.3, -0.25) is 24.7 Å². The van der Waals surface area contributed by atoms with E-state index in [1.807, 2.05) is 12.1 Å². The lowest BCUT2D eigenvalue weighted by Gasteiger charge is -2.29. The lowest BCUT2D eigenvalue weighted by molar-refractivity contribution is -0.133. The van der Waals surface area contributed by atoms with E-state index in [2.05, 4.69) is 15.6 Å². The molecule has 1 aromatic heterocycles. The standard InChI is InChI=1S/C16H20N4O3/c21-10-20-7-5-11(6-8-20)13-2-1-12(9-17-13)18-14-3-4-15(22)19-16(14)23/h1-2,9-11,14,18H,3-8H2,(H,19,22,23). The quantitative estimate of drug-likeness (QED) is 0.628. The molecular weight excluding hydrogens is 296 g/mol. The number of nitrogens with zero attached hydrogens (tertiary/aromatic N) is 2. The molecular formula is C16H20N4O3. The van der Waals surface area contributed by atoms with Gasteiger partial charge in [-0.1, -0.05) is 0 Å². The predicted molar refractivity (Wildman–Crippen MR) is 83.6 cm³/mol. The molecule has 0 bridgehead atoms. The maximum Gasteiger partial charge on any atom is 0.249 e. The predicted octanol–water partition coefficient (Wildman–Crippen LogP) is 0.634. The van der Waals surface area contributed by atoms with Gasteiger partial charge in [0, 0.05) is 31.1 Å². The molecule has 3 amide bonds. The number of carbonyl (C=O) groups is 3. The number of aromatic nitrogens is 1. The van der Waals surface area contributed by atoms with Crippen molar-refractivity contribution in [3.05, 3.63) is 24.0 Å². The Morgan fingerprint density at radius 3 is 2.61 bits per heavy atom. The molecule has 122 valence electrons. The minimum Gasteiger partial charge on any atom is -0.372 e. The van der Waals surface area contributed by atoms with Gasteiger partial charge in [0.05, 0.1) is 11.9 Å². The van der Waals surface area contributed by atoms with Crippen LogP contribution in [0.3, 0.4) is 0 Å². The number of hydrogen-bond acceptors (Lipinski definition) is 5. The Kier molecular flexibility index (Phi) is 4.55. The molecule has 7 nitrogen and oxygen atoms in total. The highest BCUT2D eigenvalue weighted by atomic mass is 16.2. The fraction of sp³-hybridized carbons (Fsp3) is 0.500. The summed E-state index contributed by atoms with van der Waals surface area (Å²) in [7, 11) is 0. The van der Waals surface area contributed by atoms with E-state index in [1.54, 1.807) is 11.1 Å². The minimum absolute atomic E-state index is 0.219. The smallest absolute Gasteiger partial charge is 0.249 e. The summed E-state index contributed by atoms with van der Waals surface area (Å²) in [4.78, 5) is 39.9. The number of imide groups is 1. The zero-order chi connectivity index (χ0) is 16.2. The van der Waals surface area contributed by atoms with Crippen LogP contribution in [0.2, 0.25) is 0 Å².